The minimum Gasteiger partial charge on any atom is -0.334 e. The fourth-order valence-electron chi connectivity index (χ4n) is 0.950. The average molecular weight is 179 g/mol. The second kappa shape index (κ2) is 2.93. The number of rotatable bonds is 1. The molecule has 0 aliphatic heterocycles. The molecule has 0 atom stereocenters. The molecule has 0 radical (unpaired) electrons. The van der Waals surface area contributed by atoms with E-state index < -0.39 is 5.95 Å². The first kappa shape index (κ1) is 7.85. The number of aromatic nitrogens is 3. The van der Waals surface area contributed by atoms with E-state index in [1.807, 2.05) is 0 Å². The second-order valence-electron chi connectivity index (χ2n) is 2.51. The quantitative estimate of drug-likeness (QED) is 0.623. The molecule has 5 heteroatoms. The van der Waals surface area contributed by atoms with Gasteiger partial charge in [-0.25, -0.2) is 4.98 Å². The molecule has 0 aliphatic rings. The zero-order valence-electron chi connectivity index (χ0n) is 6.86. The minimum atomic E-state index is -0.562. The Labute approximate surface area is 73.4 Å². The Hall–Kier alpha value is -1.78. The molecule has 2 rings (SSSR count). The Balaban J connectivity index is 2.46. The molecule has 0 amide bonds. The molecule has 0 bridgehead atoms. The molecule has 0 aliphatic carbocycles. The van der Waals surface area contributed by atoms with Crippen molar-refractivity contribution in [1.29, 1.82) is 0 Å². The highest BCUT2D eigenvalue weighted by Gasteiger charge is 2.06. The molecule has 2 heterocycles. The van der Waals surface area contributed by atoms with E-state index in [-0.39, 0.29) is 0 Å². The van der Waals surface area contributed by atoms with Gasteiger partial charge in [0.2, 0.25) is 5.95 Å². The van der Waals surface area contributed by atoms with Gasteiger partial charge in [-0.05, 0) is 13.0 Å². The van der Waals surface area contributed by atoms with Gasteiger partial charge in [-0.15, -0.1) is 0 Å². The summed E-state index contributed by atoms with van der Waals surface area (Å²) in [5.41, 5.74) is 0.535. The summed E-state index contributed by atoms with van der Waals surface area (Å²) >= 11 is 0. The maximum Gasteiger partial charge on any atom is 0.258 e. The van der Waals surface area contributed by atoms with Gasteiger partial charge in [-0.3, -0.25) is 0 Å². The summed E-state index contributed by atoms with van der Waals surface area (Å²) in [4.78, 5) is 7.37. The normalized spacial score (nSPS) is 10.3. The topological polar surface area (TPSA) is 51.8 Å². The zero-order chi connectivity index (χ0) is 9.26. The smallest absolute Gasteiger partial charge is 0.258 e. The third kappa shape index (κ3) is 1.53. The molecular weight excluding hydrogens is 173 g/mol. The fraction of sp³-hybridized carbons (Fsp3) is 0.125. The summed E-state index contributed by atoms with van der Waals surface area (Å²) in [6.45, 7) is 1.70. The van der Waals surface area contributed by atoms with Crippen LogP contribution in [-0.4, -0.2) is 15.1 Å². The number of pyridine rings is 1. The minimum absolute atomic E-state index is 0.304. The standard InChI is InChI=1S/C8H6FN3O/c1-5-11-8(13-12-5)6-2-3-10-7(9)4-6/h2-4H,1H3. The SMILES string of the molecule is Cc1noc(-c2ccnc(F)c2)n1. The number of aryl methyl sites for hydroxylation is 1. The Kier molecular flexibility index (Phi) is 1.77. The van der Waals surface area contributed by atoms with Gasteiger partial charge in [0.1, 0.15) is 0 Å². The first-order valence-corrected chi connectivity index (χ1v) is 3.68. The van der Waals surface area contributed by atoms with Gasteiger partial charge >= 0.3 is 0 Å². The first-order chi connectivity index (χ1) is 6.25. The summed E-state index contributed by atoms with van der Waals surface area (Å²) in [7, 11) is 0. The van der Waals surface area contributed by atoms with Crippen molar-refractivity contribution in [3.8, 4) is 11.5 Å². The van der Waals surface area contributed by atoms with Crippen molar-refractivity contribution in [2.45, 2.75) is 6.92 Å². The van der Waals surface area contributed by atoms with Crippen molar-refractivity contribution >= 4 is 0 Å². The molecule has 2 aromatic rings. The van der Waals surface area contributed by atoms with Crippen LogP contribution < -0.4 is 0 Å². The second-order valence-corrected chi connectivity index (χ2v) is 2.51. The predicted octanol–water partition coefficient (Wildman–Crippen LogP) is 1.58. The first-order valence-electron chi connectivity index (χ1n) is 3.68. The van der Waals surface area contributed by atoms with Crippen LogP contribution in [0.4, 0.5) is 4.39 Å². The van der Waals surface area contributed by atoms with Crippen molar-refractivity contribution in [2.24, 2.45) is 0 Å². The summed E-state index contributed by atoms with van der Waals surface area (Å²) in [5, 5.41) is 3.59. The highest BCUT2D eigenvalue weighted by atomic mass is 19.1. The van der Waals surface area contributed by atoms with Gasteiger partial charge in [0.15, 0.2) is 5.82 Å². The Morgan fingerprint density at radius 2 is 2.31 bits per heavy atom. The van der Waals surface area contributed by atoms with Crippen molar-refractivity contribution in [3.05, 3.63) is 30.1 Å². The van der Waals surface area contributed by atoms with Crippen LogP contribution in [0.3, 0.4) is 0 Å². The fourth-order valence-corrected chi connectivity index (χ4v) is 0.950. The van der Waals surface area contributed by atoms with Crippen LogP contribution in [0.1, 0.15) is 5.82 Å². The maximum atomic E-state index is 12.7. The van der Waals surface area contributed by atoms with E-state index in [1.165, 1.54) is 12.3 Å². The van der Waals surface area contributed by atoms with Crippen LogP contribution in [0, 0.1) is 12.9 Å². The van der Waals surface area contributed by atoms with E-state index in [4.69, 9.17) is 4.52 Å². The lowest BCUT2D eigenvalue weighted by atomic mass is 10.3. The van der Waals surface area contributed by atoms with Crippen LogP contribution in [0.15, 0.2) is 22.9 Å². The van der Waals surface area contributed by atoms with Crippen LogP contribution in [0.2, 0.25) is 0 Å². The summed E-state index contributed by atoms with van der Waals surface area (Å²) in [6, 6.07) is 2.85. The lowest BCUT2D eigenvalue weighted by molar-refractivity contribution is 0.425. The molecule has 0 saturated heterocycles. The molecule has 0 spiro atoms. The summed E-state index contributed by atoms with van der Waals surface area (Å²) < 4.78 is 17.5. The molecule has 2 aromatic heterocycles. The molecule has 0 saturated carbocycles. The van der Waals surface area contributed by atoms with E-state index in [9.17, 15) is 4.39 Å². The maximum absolute atomic E-state index is 12.7. The van der Waals surface area contributed by atoms with Gasteiger partial charge < -0.3 is 4.52 Å². The summed E-state index contributed by atoms with van der Waals surface area (Å²) in [5.74, 6) is 0.263. The average Bonchev–Trinajstić information content (AvgIpc) is 2.52. The van der Waals surface area contributed by atoms with Crippen LogP contribution in [0.25, 0.3) is 11.5 Å². The number of halogens is 1. The molecule has 0 unspecified atom stereocenters. The predicted molar refractivity (Wildman–Crippen MR) is 42.2 cm³/mol. The number of nitrogens with zero attached hydrogens (tertiary/aromatic N) is 3. The molecule has 4 nitrogen and oxygen atoms in total. The van der Waals surface area contributed by atoms with Crippen molar-refractivity contribution < 1.29 is 8.91 Å². The molecule has 0 N–H and O–H groups in total. The van der Waals surface area contributed by atoms with Crippen LogP contribution in [-0.2, 0) is 0 Å². The molecule has 13 heavy (non-hydrogen) atoms. The Bertz CT molecular complexity index is 427. The largest absolute Gasteiger partial charge is 0.334 e. The molecule has 0 fully saturated rings. The van der Waals surface area contributed by atoms with Gasteiger partial charge in [0.25, 0.3) is 5.89 Å². The Morgan fingerprint density at radius 3 is 2.92 bits per heavy atom. The van der Waals surface area contributed by atoms with Crippen molar-refractivity contribution in [1.82, 2.24) is 15.1 Å². The Morgan fingerprint density at radius 1 is 1.46 bits per heavy atom. The summed E-state index contributed by atoms with van der Waals surface area (Å²) in [6.07, 6.45) is 1.35. The lowest BCUT2D eigenvalue weighted by Gasteiger charge is -1.91. The van der Waals surface area contributed by atoms with E-state index in [0.29, 0.717) is 17.3 Å². The molecule has 66 valence electrons. The van der Waals surface area contributed by atoms with E-state index in [2.05, 4.69) is 15.1 Å². The molecular formula is C8H6FN3O. The van der Waals surface area contributed by atoms with Crippen molar-refractivity contribution in [3.63, 3.8) is 0 Å². The van der Waals surface area contributed by atoms with E-state index >= 15 is 0 Å². The zero-order valence-corrected chi connectivity index (χ0v) is 6.86. The third-order valence-electron chi connectivity index (χ3n) is 1.50. The number of hydrogen-bond donors (Lipinski definition) is 0. The van der Waals surface area contributed by atoms with Crippen LogP contribution >= 0.6 is 0 Å². The van der Waals surface area contributed by atoms with E-state index in [1.54, 1.807) is 13.0 Å². The van der Waals surface area contributed by atoms with E-state index in [0.717, 1.165) is 0 Å². The molecule has 0 aromatic carbocycles. The van der Waals surface area contributed by atoms with Crippen molar-refractivity contribution in [2.75, 3.05) is 0 Å². The van der Waals surface area contributed by atoms with Gasteiger partial charge in [-0.1, -0.05) is 5.16 Å². The third-order valence-corrected chi connectivity index (χ3v) is 1.50. The van der Waals surface area contributed by atoms with Gasteiger partial charge in [-0.2, -0.15) is 9.37 Å². The highest BCUT2D eigenvalue weighted by Crippen LogP contribution is 2.16. The van der Waals surface area contributed by atoms with Crippen LogP contribution in [0.5, 0.6) is 0 Å². The number of hydrogen-bond acceptors (Lipinski definition) is 4. The monoisotopic (exact) mass is 179 g/mol. The highest BCUT2D eigenvalue weighted by molar-refractivity contribution is 5.51. The van der Waals surface area contributed by atoms with Gasteiger partial charge in [0.05, 0.1) is 0 Å². The lowest BCUT2D eigenvalue weighted by Crippen LogP contribution is -1.83. The van der Waals surface area contributed by atoms with Gasteiger partial charge in [0, 0.05) is 17.8 Å².